The van der Waals surface area contributed by atoms with E-state index in [1.807, 2.05) is 0 Å². The van der Waals surface area contributed by atoms with Crippen molar-refractivity contribution >= 4 is 23.3 Å². The van der Waals surface area contributed by atoms with Crippen LogP contribution in [0, 0.1) is 5.92 Å². The van der Waals surface area contributed by atoms with E-state index in [1.54, 1.807) is 24.3 Å². The number of carbonyl (C=O) groups is 2. The first kappa shape index (κ1) is 17.6. The minimum Gasteiger partial charge on any atom is -0.354 e. The van der Waals surface area contributed by atoms with Crippen molar-refractivity contribution in [3.05, 3.63) is 47.8 Å². The van der Waals surface area contributed by atoms with Crippen molar-refractivity contribution in [3.63, 3.8) is 0 Å². The number of Topliss-reactive ketones (excluding diaryl/α,β-unsaturated/α-hetero) is 1. The Balaban J connectivity index is 1.93. The minimum absolute atomic E-state index is 0.0122. The highest BCUT2D eigenvalue weighted by Crippen LogP contribution is 2.12. The summed E-state index contributed by atoms with van der Waals surface area (Å²) in [5.74, 6) is 0.816. The minimum atomic E-state index is -0.292. The van der Waals surface area contributed by atoms with Crippen molar-refractivity contribution in [2.45, 2.75) is 27.2 Å². The van der Waals surface area contributed by atoms with E-state index >= 15 is 0 Å². The van der Waals surface area contributed by atoms with Gasteiger partial charge < -0.3 is 10.6 Å². The molecule has 0 spiro atoms. The van der Waals surface area contributed by atoms with Crippen molar-refractivity contribution in [2.24, 2.45) is 5.92 Å². The molecule has 0 unspecified atom stereocenters. The Morgan fingerprint density at radius 2 is 1.67 bits per heavy atom. The Morgan fingerprint density at radius 3 is 2.21 bits per heavy atom. The SMILES string of the molecule is CC(=O)c1ccc(NC(=O)c2cnc(NCCC(C)C)nc2)cc1. The number of nitrogens with one attached hydrogen (secondary N) is 2. The number of carbonyl (C=O) groups excluding carboxylic acids is 2. The molecule has 24 heavy (non-hydrogen) atoms. The third-order valence-electron chi connectivity index (χ3n) is 3.47. The molecule has 0 radical (unpaired) electrons. The van der Waals surface area contributed by atoms with E-state index in [4.69, 9.17) is 0 Å². The van der Waals surface area contributed by atoms with Gasteiger partial charge in [0.05, 0.1) is 5.56 Å². The fraction of sp³-hybridized carbons (Fsp3) is 0.333. The van der Waals surface area contributed by atoms with Crippen molar-refractivity contribution < 1.29 is 9.59 Å². The highest BCUT2D eigenvalue weighted by Gasteiger charge is 2.08. The standard InChI is InChI=1S/C18H22N4O2/c1-12(2)8-9-19-18-20-10-15(11-21-18)17(24)22-16-6-4-14(5-7-16)13(3)23/h4-7,10-12H,8-9H2,1-3H3,(H,22,24)(H,19,20,21). The number of aromatic nitrogens is 2. The number of benzene rings is 1. The lowest BCUT2D eigenvalue weighted by atomic mass is 10.1. The number of hydrogen-bond donors (Lipinski definition) is 2. The number of rotatable bonds is 7. The van der Waals surface area contributed by atoms with Gasteiger partial charge in [0.2, 0.25) is 5.95 Å². The zero-order chi connectivity index (χ0) is 17.5. The number of ketones is 1. The third kappa shape index (κ3) is 5.15. The maximum absolute atomic E-state index is 12.2. The normalized spacial score (nSPS) is 10.5. The predicted molar refractivity (Wildman–Crippen MR) is 94.4 cm³/mol. The average Bonchev–Trinajstić information content (AvgIpc) is 2.55. The lowest BCUT2D eigenvalue weighted by molar-refractivity contribution is 0.101. The van der Waals surface area contributed by atoms with Crippen LogP contribution in [0.25, 0.3) is 0 Å². The first-order valence-corrected chi connectivity index (χ1v) is 7.94. The molecule has 0 aliphatic heterocycles. The molecule has 1 heterocycles. The van der Waals surface area contributed by atoms with Gasteiger partial charge in [-0.2, -0.15) is 0 Å². The van der Waals surface area contributed by atoms with E-state index in [2.05, 4.69) is 34.4 Å². The zero-order valence-corrected chi connectivity index (χ0v) is 14.2. The van der Waals surface area contributed by atoms with Gasteiger partial charge in [-0.15, -0.1) is 0 Å². The van der Waals surface area contributed by atoms with E-state index in [1.165, 1.54) is 19.3 Å². The maximum atomic E-state index is 12.2. The fourth-order valence-corrected chi connectivity index (χ4v) is 2.00. The number of nitrogens with zero attached hydrogens (tertiary/aromatic N) is 2. The molecule has 1 aromatic carbocycles. The summed E-state index contributed by atoms with van der Waals surface area (Å²) in [6.45, 7) is 6.60. The first-order chi connectivity index (χ1) is 11.5. The zero-order valence-electron chi connectivity index (χ0n) is 14.2. The molecule has 0 saturated heterocycles. The molecule has 2 rings (SSSR count). The lowest BCUT2D eigenvalue weighted by Gasteiger charge is -2.08. The van der Waals surface area contributed by atoms with Crippen LogP contribution in [-0.2, 0) is 0 Å². The van der Waals surface area contributed by atoms with E-state index in [-0.39, 0.29) is 11.7 Å². The Hall–Kier alpha value is -2.76. The topological polar surface area (TPSA) is 84.0 Å². The Labute approximate surface area is 141 Å². The van der Waals surface area contributed by atoms with Gasteiger partial charge in [-0.1, -0.05) is 13.8 Å². The molecule has 2 N–H and O–H groups in total. The molecule has 6 heteroatoms. The molecule has 0 atom stereocenters. The second-order valence-corrected chi connectivity index (χ2v) is 5.99. The van der Waals surface area contributed by atoms with Crippen LogP contribution in [0.3, 0.4) is 0 Å². The monoisotopic (exact) mass is 326 g/mol. The van der Waals surface area contributed by atoms with Crippen molar-refractivity contribution in [1.29, 1.82) is 0 Å². The Kier molecular flexibility index (Phi) is 6.01. The molecule has 2 aromatic rings. The van der Waals surface area contributed by atoms with E-state index in [9.17, 15) is 9.59 Å². The lowest BCUT2D eigenvalue weighted by Crippen LogP contribution is -2.14. The summed E-state index contributed by atoms with van der Waals surface area (Å²) in [6.07, 6.45) is 4.01. The smallest absolute Gasteiger partial charge is 0.258 e. The summed E-state index contributed by atoms with van der Waals surface area (Å²) in [5.41, 5.74) is 1.59. The molecule has 0 saturated carbocycles. The summed E-state index contributed by atoms with van der Waals surface area (Å²) >= 11 is 0. The molecule has 0 bridgehead atoms. The van der Waals surface area contributed by atoms with E-state index in [0.717, 1.165) is 13.0 Å². The van der Waals surface area contributed by atoms with E-state index < -0.39 is 0 Å². The summed E-state index contributed by atoms with van der Waals surface area (Å²) in [4.78, 5) is 31.7. The van der Waals surface area contributed by atoms with Crippen LogP contribution in [-0.4, -0.2) is 28.2 Å². The Bertz CT molecular complexity index is 694. The van der Waals surface area contributed by atoms with Gasteiger partial charge in [0.1, 0.15) is 0 Å². The highest BCUT2D eigenvalue weighted by molar-refractivity contribution is 6.04. The molecule has 1 amide bonds. The van der Waals surface area contributed by atoms with Gasteiger partial charge >= 0.3 is 0 Å². The Morgan fingerprint density at radius 1 is 1.04 bits per heavy atom. The second-order valence-electron chi connectivity index (χ2n) is 5.99. The number of amides is 1. The van der Waals surface area contributed by atoms with Crippen molar-refractivity contribution in [3.8, 4) is 0 Å². The van der Waals surface area contributed by atoms with Gasteiger partial charge in [-0.05, 0) is 43.5 Å². The summed E-state index contributed by atoms with van der Waals surface area (Å²) in [7, 11) is 0. The number of hydrogen-bond acceptors (Lipinski definition) is 5. The molecule has 6 nitrogen and oxygen atoms in total. The molecule has 126 valence electrons. The number of anilines is 2. The maximum Gasteiger partial charge on any atom is 0.258 e. The van der Waals surface area contributed by atoms with Crippen LogP contribution in [0.15, 0.2) is 36.7 Å². The quantitative estimate of drug-likeness (QED) is 0.762. The van der Waals surface area contributed by atoms with Crippen LogP contribution in [0.4, 0.5) is 11.6 Å². The van der Waals surface area contributed by atoms with Crippen molar-refractivity contribution in [1.82, 2.24) is 9.97 Å². The van der Waals surface area contributed by atoms with Crippen LogP contribution < -0.4 is 10.6 Å². The van der Waals surface area contributed by atoms with Crippen LogP contribution >= 0.6 is 0 Å². The van der Waals surface area contributed by atoms with Crippen molar-refractivity contribution in [2.75, 3.05) is 17.2 Å². The molecule has 1 aromatic heterocycles. The molecule has 0 aliphatic carbocycles. The van der Waals surface area contributed by atoms with Gasteiger partial charge in [0.25, 0.3) is 5.91 Å². The summed E-state index contributed by atoms with van der Waals surface area (Å²) in [6, 6.07) is 6.74. The highest BCUT2D eigenvalue weighted by atomic mass is 16.1. The molecular formula is C18H22N4O2. The fourth-order valence-electron chi connectivity index (χ4n) is 2.00. The third-order valence-corrected chi connectivity index (χ3v) is 3.47. The molecule has 0 aliphatic rings. The van der Waals surface area contributed by atoms with Gasteiger partial charge in [0, 0.05) is 30.2 Å². The predicted octanol–water partition coefficient (Wildman–Crippen LogP) is 3.39. The largest absolute Gasteiger partial charge is 0.354 e. The summed E-state index contributed by atoms with van der Waals surface area (Å²) < 4.78 is 0. The van der Waals surface area contributed by atoms with Gasteiger partial charge in [-0.25, -0.2) is 9.97 Å². The van der Waals surface area contributed by atoms with Crippen LogP contribution in [0.5, 0.6) is 0 Å². The molecular weight excluding hydrogens is 304 g/mol. The molecule has 0 fully saturated rings. The first-order valence-electron chi connectivity index (χ1n) is 7.94. The van der Waals surface area contributed by atoms with E-state index in [0.29, 0.717) is 28.7 Å². The van der Waals surface area contributed by atoms with Crippen LogP contribution in [0.2, 0.25) is 0 Å². The average molecular weight is 326 g/mol. The second kappa shape index (κ2) is 8.19. The van der Waals surface area contributed by atoms with Gasteiger partial charge in [-0.3, -0.25) is 9.59 Å². The van der Waals surface area contributed by atoms with Gasteiger partial charge in [0.15, 0.2) is 5.78 Å². The van der Waals surface area contributed by atoms with Crippen LogP contribution in [0.1, 0.15) is 47.9 Å². The summed E-state index contributed by atoms with van der Waals surface area (Å²) in [5, 5.41) is 5.87.